The van der Waals surface area contributed by atoms with Crippen LogP contribution in [0.15, 0.2) is 15.9 Å². The molecule has 0 radical (unpaired) electrons. The second kappa shape index (κ2) is 6.10. The first-order valence-corrected chi connectivity index (χ1v) is 9.05. The van der Waals surface area contributed by atoms with Gasteiger partial charge in [-0.2, -0.15) is 5.10 Å². The summed E-state index contributed by atoms with van der Waals surface area (Å²) in [6, 6.07) is 2.08. The molecule has 0 N–H and O–H groups in total. The van der Waals surface area contributed by atoms with Crippen molar-refractivity contribution in [3.05, 3.63) is 32.3 Å². The highest BCUT2D eigenvalue weighted by molar-refractivity contribution is 9.10. The van der Waals surface area contributed by atoms with E-state index in [2.05, 4.69) is 44.0 Å². The van der Waals surface area contributed by atoms with Crippen LogP contribution in [-0.4, -0.2) is 25.2 Å². The molecule has 0 amide bonds. The molecule has 3 aromatic heterocycles. The van der Waals surface area contributed by atoms with E-state index in [9.17, 15) is 0 Å². The predicted molar refractivity (Wildman–Crippen MR) is 91.4 cm³/mol. The average Bonchev–Trinajstić information content (AvgIpc) is 3.10. The van der Waals surface area contributed by atoms with Gasteiger partial charge in [0.05, 0.1) is 12.2 Å². The maximum Gasteiger partial charge on any atom is 0.159 e. The summed E-state index contributed by atoms with van der Waals surface area (Å²) in [7, 11) is 1.98. The zero-order valence-electron chi connectivity index (χ0n) is 11.9. The fraction of sp³-hybridized carbons (Fsp3) is 0.429. The summed E-state index contributed by atoms with van der Waals surface area (Å²) < 4.78 is 5.31. The Balaban J connectivity index is 2.15. The Kier molecular flexibility index (Phi) is 4.38. The number of rotatable bonds is 5. The van der Waals surface area contributed by atoms with Gasteiger partial charge in [0.1, 0.15) is 11.3 Å². The number of hydrogen-bond donors (Lipinski definition) is 0. The van der Waals surface area contributed by atoms with Crippen LogP contribution in [-0.2, 0) is 26.4 Å². The number of fused-ring (bicyclic) bond motifs is 1. The fourth-order valence-electron chi connectivity index (χ4n) is 2.55. The SMILES string of the molecule is CCc1nn(C)c2c1nc(CCCl)n2Cc1sccc1Br. The molecular weight excluding hydrogens is 372 g/mol. The quantitative estimate of drug-likeness (QED) is 0.621. The van der Waals surface area contributed by atoms with E-state index >= 15 is 0 Å². The van der Waals surface area contributed by atoms with Crippen LogP contribution in [0, 0.1) is 0 Å². The Labute approximate surface area is 140 Å². The lowest BCUT2D eigenvalue weighted by molar-refractivity contribution is 0.691. The van der Waals surface area contributed by atoms with Crippen molar-refractivity contribution in [1.29, 1.82) is 0 Å². The predicted octanol–water partition coefficient (Wildman–Crippen LogP) is 3.99. The largest absolute Gasteiger partial charge is 0.308 e. The Bertz CT molecular complexity index is 773. The highest BCUT2D eigenvalue weighted by atomic mass is 79.9. The number of thiophene rings is 1. The number of halogens is 2. The standard InChI is InChI=1S/C14H16BrClN4S/c1-3-10-13-14(19(2)18-10)20(12(17-13)4-6-16)8-11-9(15)5-7-21-11/h5,7H,3-4,6,8H2,1-2H3. The molecule has 3 heterocycles. The maximum atomic E-state index is 5.95. The summed E-state index contributed by atoms with van der Waals surface area (Å²) in [4.78, 5) is 6.07. The number of imidazole rings is 1. The summed E-state index contributed by atoms with van der Waals surface area (Å²) in [6.45, 7) is 2.90. The maximum absolute atomic E-state index is 5.95. The third-order valence-corrected chi connectivity index (χ3v) is 5.62. The molecule has 0 aliphatic carbocycles. The van der Waals surface area contributed by atoms with Gasteiger partial charge in [-0.05, 0) is 33.8 Å². The van der Waals surface area contributed by atoms with E-state index in [1.807, 2.05) is 11.7 Å². The van der Waals surface area contributed by atoms with Crippen LogP contribution in [0.3, 0.4) is 0 Å². The van der Waals surface area contributed by atoms with Crippen LogP contribution < -0.4 is 0 Å². The van der Waals surface area contributed by atoms with Crippen molar-refractivity contribution in [2.24, 2.45) is 7.05 Å². The van der Waals surface area contributed by atoms with E-state index in [0.717, 1.165) is 46.5 Å². The molecule has 0 saturated heterocycles. The minimum Gasteiger partial charge on any atom is -0.308 e. The van der Waals surface area contributed by atoms with E-state index in [1.165, 1.54) is 4.88 Å². The van der Waals surface area contributed by atoms with Crippen molar-refractivity contribution in [1.82, 2.24) is 19.3 Å². The zero-order chi connectivity index (χ0) is 15.0. The molecule has 112 valence electrons. The van der Waals surface area contributed by atoms with E-state index < -0.39 is 0 Å². The van der Waals surface area contributed by atoms with Crippen LogP contribution >= 0.6 is 38.9 Å². The molecule has 21 heavy (non-hydrogen) atoms. The summed E-state index contributed by atoms with van der Waals surface area (Å²) in [5.41, 5.74) is 3.13. The van der Waals surface area contributed by atoms with Crippen LogP contribution in [0.1, 0.15) is 23.3 Å². The summed E-state index contributed by atoms with van der Waals surface area (Å²) in [5, 5.41) is 6.67. The lowest BCUT2D eigenvalue weighted by Crippen LogP contribution is -2.08. The Morgan fingerprint density at radius 3 is 2.86 bits per heavy atom. The van der Waals surface area contributed by atoms with Gasteiger partial charge in [-0.1, -0.05) is 6.92 Å². The van der Waals surface area contributed by atoms with Gasteiger partial charge < -0.3 is 4.57 Å². The first-order valence-electron chi connectivity index (χ1n) is 6.84. The van der Waals surface area contributed by atoms with Crippen LogP contribution in [0.25, 0.3) is 11.2 Å². The molecule has 3 aromatic rings. The van der Waals surface area contributed by atoms with Gasteiger partial charge in [-0.15, -0.1) is 22.9 Å². The molecule has 4 nitrogen and oxygen atoms in total. The molecule has 0 spiro atoms. The first kappa shape index (κ1) is 15.1. The molecule has 0 saturated carbocycles. The van der Waals surface area contributed by atoms with Crippen molar-refractivity contribution < 1.29 is 0 Å². The second-order valence-corrected chi connectivity index (χ2v) is 7.07. The molecule has 3 rings (SSSR count). The van der Waals surface area contributed by atoms with Crippen LogP contribution in [0.5, 0.6) is 0 Å². The van der Waals surface area contributed by atoms with Gasteiger partial charge in [-0.25, -0.2) is 4.98 Å². The van der Waals surface area contributed by atoms with Gasteiger partial charge in [0, 0.05) is 28.7 Å². The number of aryl methyl sites for hydroxylation is 3. The lowest BCUT2D eigenvalue weighted by Gasteiger charge is -2.08. The molecular formula is C14H16BrClN4S. The Hall–Kier alpha value is -0.850. The van der Waals surface area contributed by atoms with Crippen LogP contribution in [0.4, 0.5) is 0 Å². The minimum absolute atomic E-state index is 0.573. The molecule has 0 aliphatic heterocycles. The van der Waals surface area contributed by atoms with Gasteiger partial charge in [0.2, 0.25) is 0 Å². The third-order valence-electron chi connectivity index (χ3n) is 3.52. The molecule has 0 bridgehead atoms. The highest BCUT2D eigenvalue weighted by Gasteiger charge is 2.19. The van der Waals surface area contributed by atoms with Crippen molar-refractivity contribution in [2.75, 3.05) is 5.88 Å². The molecule has 0 aromatic carbocycles. The van der Waals surface area contributed by atoms with Gasteiger partial charge in [0.25, 0.3) is 0 Å². The lowest BCUT2D eigenvalue weighted by atomic mass is 10.3. The first-order chi connectivity index (χ1) is 10.2. The molecule has 0 aliphatic rings. The molecule has 7 heteroatoms. The van der Waals surface area contributed by atoms with E-state index in [4.69, 9.17) is 16.6 Å². The third kappa shape index (κ3) is 2.64. The number of aromatic nitrogens is 4. The molecule has 0 unspecified atom stereocenters. The fourth-order valence-corrected chi connectivity index (χ4v) is 4.18. The normalized spacial score (nSPS) is 11.6. The van der Waals surface area contributed by atoms with Crippen molar-refractivity contribution in [3.63, 3.8) is 0 Å². The Morgan fingerprint density at radius 1 is 1.43 bits per heavy atom. The summed E-state index contributed by atoms with van der Waals surface area (Å²) in [5.74, 6) is 1.60. The van der Waals surface area contributed by atoms with Gasteiger partial charge >= 0.3 is 0 Å². The van der Waals surface area contributed by atoms with Crippen LogP contribution in [0.2, 0.25) is 0 Å². The smallest absolute Gasteiger partial charge is 0.159 e. The summed E-state index contributed by atoms with van der Waals surface area (Å²) in [6.07, 6.45) is 1.65. The van der Waals surface area contributed by atoms with E-state index in [0.29, 0.717) is 5.88 Å². The van der Waals surface area contributed by atoms with Gasteiger partial charge in [-0.3, -0.25) is 4.68 Å². The van der Waals surface area contributed by atoms with Crippen molar-refractivity contribution in [2.45, 2.75) is 26.3 Å². The minimum atomic E-state index is 0.573. The average molecular weight is 388 g/mol. The van der Waals surface area contributed by atoms with E-state index in [-0.39, 0.29) is 0 Å². The number of alkyl halides is 1. The monoisotopic (exact) mass is 386 g/mol. The summed E-state index contributed by atoms with van der Waals surface area (Å²) >= 11 is 11.3. The van der Waals surface area contributed by atoms with Crippen molar-refractivity contribution in [3.8, 4) is 0 Å². The molecule has 0 fully saturated rings. The number of hydrogen-bond acceptors (Lipinski definition) is 3. The van der Waals surface area contributed by atoms with Gasteiger partial charge in [0.15, 0.2) is 5.65 Å². The topological polar surface area (TPSA) is 35.6 Å². The second-order valence-electron chi connectivity index (χ2n) is 4.84. The van der Waals surface area contributed by atoms with E-state index in [1.54, 1.807) is 11.3 Å². The Morgan fingerprint density at radius 2 is 2.24 bits per heavy atom. The zero-order valence-corrected chi connectivity index (χ0v) is 15.1. The van der Waals surface area contributed by atoms with Crippen molar-refractivity contribution >= 4 is 50.0 Å². The molecule has 0 atom stereocenters. The highest BCUT2D eigenvalue weighted by Crippen LogP contribution is 2.27. The number of nitrogens with zero attached hydrogens (tertiary/aromatic N) is 4.